The van der Waals surface area contributed by atoms with Crippen LogP contribution in [0.2, 0.25) is 0 Å². The maximum Gasteiger partial charge on any atom is 0.326 e. The van der Waals surface area contributed by atoms with Gasteiger partial charge in [0.15, 0.2) is 5.78 Å². The predicted octanol–water partition coefficient (Wildman–Crippen LogP) is 2.32. The van der Waals surface area contributed by atoms with Gasteiger partial charge in [-0.3, -0.25) is 10.1 Å². The van der Waals surface area contributed by atoms with Crippen molar-refractivity contribution < 1.29 is 9.59 Å². The van der Waals surface area contributed by atoms with Gasteiger partial charge in [-0.05, 0) is 25.1 Å². The average molecular weight is 256 g/mol. The molecule has 0 unspecified atom stereocenters. The fourth-order valence-electron chi connectivity index (χ4n) is 1.44. The van der Waals surface area contributed by atoms with Crippen LogP contribution in [0.15, 0.2) is 42.7 Å². The van der Waals surface area contributed by atoms with Gasteiger partial charge >= 0.3 is 6.03 Å². The normalized spacial score (nSPS) is 9.74. The smallest absolute Gasteiger partial charge is 0.308 e. The maximum atomic E-state index is 11.7. The number of hydrogen-bond acceptors (Lipinski definition) is 4. The molecule has 0 atom stereocenters. The number of rotatable bonds is 3. The zero-order valence-electron chi connectivity index (χ0n) is 10.3. The van der Waals surface area contributed by atoms with Gasteiger partial charge in [-0.2, -0.15) is 0 Å². The number of Topliss-reactive ketones (excluding diaryl/α,β-unsaturated/α-hetero) is 1. The predicted molar refractivity (Wildman–Crippen MR) is 71.1 cm³/mol. The molecular weight excluding hydrogens is 244 g/mol. The van der Waals surface area contributed by atoms with Gasteiger partial charge in [0.1, 0.15) is 0 Å². The van der Waals surface area contributed by atoms with E-state index in [4.69, 9.17) is 0 Å². The van der Waals surface area contributed by atoms with Crippen LogP contribution in [-0.4, -0.2) is 21.8 Å². The quantitative estimate of drug-likeness (QED) is 0.825. The first-order valence-corrected chi connectivity index (χ1v) is 5.61. The van der Waals surface area contributed by atoms with Crippen molar-refractivity contribution in [2.45, 2.75) is 6.92 Å². The Morgan fingerprint density at radius 3 is 2.47 bits per heavy atom. The van der Waals surface area contributed by atoms with Crippen LogP contribution < -0.4 is 10.6 Å². The van der Waals surface area contributed by atoms with Crippen molar-refractivity contribution in [3.8, 4) is 0 Å². The standard InChI is InChI=1S/C13H12N4O2/c1-9(18)10-4-2-5-11(8-10)16-13(19)17-12-14-6-3-7-15-12/h2-8H,1H3,(H2,14,15,16,17,19). The molecule has 1 aromatic carbocycles. The molecule has 96 valence electrons. The van der Waals surface area contributed by atoms with Crippen molar-refractivity contribution in [2.75, 3.05) is 10.6 Å². The van der Waals surface area contributed by atoms with Gasteiger partial charge in [0.05, 0.1) is 0 Å². The van der Waals surface area contributed by atoms with Crippen molar-refractivity contribution in [3.05, 3.63) is 48.3 Å². The highest BCUT2D eigenvalue weighted by molar-refractivity contribution is 6.00. The fourth-order valence-corrected chi connectivity index (χ4v) is 1.44. The summed E-state index contributed by atoms with van der Waals surface area (Å²) in [6.07, 6.45) is 3.05. The van der Waals surface area contributed by atoms with Gasteiger partial charge < -0.3 is 5.32 Å². The zero-order valence-corrected chi connectivity index (χ0v) is 10.3. The van der Waals surface area contributed by atoms with Crippen LogP contribution in [-0.2, 0) is 0 Å². The van der Waals surface area contributed by atoms with Crippen LogP contribution in [0.5, 0.6) is 0 Å². The summed E-state index contributed by atoms with van der Waals surface area (Å²) >= 11 is 0. The summed E-state index contributed by atoms with van der Waals surface area (Å²) in [5, 5.41) is 5.09. The summed E-state index contributed by atoms with van der Waals surface area (Å²) in [6.45, 7) is 1.47. The van der Waals surface area contributed by atoms with E-state index >= 15 is 0 Å². The van der Waals surface area contributed by atoms with Crippen LogP contribution in [0.4, 0.5) is 16.4 Å². The second-order valence-corrected chi connectivity index (χ2v) is 3.79. The Hall–Kier alpha value is -2.76. The molecule has 19 heavy (non-hydrogen) atoms. The number of carbonyl (C=O) groups is 2. The van der Waals surface area contributed by atoms with Crippen molar-refractivity contribution in [1.82, 2.24) is 9.97 Å². The topological polar surface area (TPSA) is 84.0 Å². The molecule has 2 N–H and O–H groups in total. The average Bonchev–Trinajstić information content (AvgIpc) is 2.40. The van der Waals surface area contributed by atoms with Crippen LogP contribution in [0.1, 0.15) is 17.3 Å². The lowest BCUT2D eigenvalue weighted by molar-refractivity contribution is 0.101. The SMILES string of the molecule is CC(=O)c1cccc(NC(=O)Nc2ncccn2)c1. The summed E-state index contributed by atoms with van der Waals surface area (Å²) in [6, 6.07) is 7.87. The molecule has 0 radical (unpaired) electrons. The number of benzene rings is 1. The number of urea groups is 1. The van der Waals surface area contributed by atoms with Gasteiger partial charge in [-0.1, -0.05) is 12.1 Å². The summed E-state index contributed by atoms with van der Waals surface area (Å²) < 4.78 is 0. The fraction of sp³-hybridized carbons (Fsp3) is 0.0769. The van der Waals surface area contributed by atoms with Gasteiger partial charge in [-0.15, -0.1) is 0 Å². The maximum absolute atomic E-state index is 11.7. The number of amides is 2. The van der Waals surface area contributed by atoms with Gasteiger partial charge in [-0.25, -0.2) is 14.8 Å². The highest BCUT2D eigenvalue weighted by Gasteiger charge is 2.05. The second kappa shape index (κ2) is 5.72. The number of hydrogen-bond donors (Lipinski definition) is 2. The third-order valence-electron chi connectivity index (χ3n) is 2.32. The highest BCUT2D eigenvalue weighted by atomic mass is 16.2. The molecule has 0 saturated heterocycles. The molecule has 2 aromatic rings. The van der Waals surface area contributed by atoms with Crippen molar-refractivity contribution in [3.63, 3.8) is 0 Å². The number of anilines is 2. The molecule has 1 heterocycles. The number of nitrogens with one attached hydrogen (secondary N) is 2. The lowest BCUT2D eigenvalue weighted by atomic mass is 10.1. The van der Waals surface area contributed by atoms with Gasteiger partial charge in [0.2, 0.25) is 5.95 Å². The molecule has 2 rings (SSSR count). The lowest BCUT2D eigenvalue weighted by Gasteiger charge is -2.06. The largest absolute Gasteiger partial charge is 0.326 e. The van der Waals surface area contributed by atoms with Gasteiger partial charge in [0.25, 0.3) is 0 Å². The van der Waals surface area contributed by atoms with E-state index in [2.05, 4.69) is 20.6 Å². The van der Waals surface area contributed by atoms with E-state index in [-0.39, 0.29) is 11.7 Å². The van der Waals surface area contributed by atoms with Gasteiger partial charge in [0, 0.05) is 23.6 Å². The van der Waals surface area contributed by atoms with E-state index in [1.807, 2.05) is 0 Å². The van der Waals surface area contributed by atoms with Crippen molar-refractivity contribution in [2.24, 2.45) is 0 Å². The summed E-state index contributed by atoms with van der Waals surface area (Å²) in [5.41, 5.74) is 1.06. The Kier molecular flexibility index (Phi) is 3.82. The zero-order chi connectivity index (χ0) is 13.7. The van der Waals surface area contributed by atoms with E-state index in [0.29, 0.717) is 11.3 Å². The van der Waals surface area contributed by atoms with Crippen LogP contribution in [0.25, 0.3) is 0 Å². The first kappa shape index (κ1) is 12.7. The van der Waals surface area contributed by atoms with Crippen LogP contribution in [0, 0.1) is 0 Å². The van der Waals surface area contributed by atoms with E-state index in [1.165, 1.54) is 19.3 Å². The second-order valence-electron chi connectivity index (χ2n) is 3.79. The number of nitrogens with zero attached hydrogens (tertiary/aromatic N) is 2. The third kappa shape index (κ3) is 3.60. The summed E-state index contributed by atoms with van der Waals surface area (Å²) in [4.78, 5) is 30.6. The van der Waals surface area contributed by atoms with Crippen LogP contribution >= 0.6 is 0 Å². The molecule has 6 nitrogen and oxygen atoms in total. The summed E-state index contributed by atoms with van der Waals surface area (Å²) in [5.74, 6) is 0.151. The Bertz CT molecular complexity index is 599. The monoisotopic (exact) mass is 256 g/mol. The molecule has 6 heteroatoms. The molecular formula is C13H12N4O2. The number of aromatic nitrogens is 2. The Balaban J connectivity index is 2.03. The molecule has 0 spiro atoms. The minimum absolute atomic E-state index is 0.0598. The van der Waals surface area contributed by atoms with Crippen molar-refractivity contribution >= 4 is 23.5 Å². The van der Waals surface area contributed by atoms with Crippen LogP contribution in [0.3, 0.4) is 0 Å². The molecule has 0 aliphatic heterocycles. The minimum atomic E-state index is -0.466. The highest BCUT2D eigenvalue weighted by Crippen LogP contribution is 2.11. The first-order chi connectivity index (χ1) is 9.15. The Morgan fingerprint density at radius 2 is 1.79 bits per heavy atom. The number of ketones is 1. The summed E-state index contributed by atoms with van der Waals surface area (Å²) in [7, 11) is 0. The van der Waals surface area contributed by atoms with E-state index < -0.39 is 6.03 Å². The molecule has 0 aliphatic rings. The van der Waals surface area contributed by atoms with E-state index in [9.17, 15) is 9.59 Å². The molecule has 1 aromatic heterocycles. The molecule has 0 aliphatic carbocycles. The van der Waals surface area contributed by atoms with E-state index in [0.717, 1.165) is 0 Å². The lowest BCUT2D eigenvalue weighted by Crippen LogP contribution is -2.20. The third-order valence-corrected chi connectivity index (χ3v) is 2.32. The molecule has 2 amide bonds. The molecule has 0 bridgehead atoms. The Labute approximate surface area is 109 Å². The molecule has 0 saturated carbocycles. The first-order valence-electron chi connectivity index (χ1n) is 5.61. The molecule has 0 fully saturated rings. The van der Waals surface area contributed by atoms with E-state index in [1.54, 1.807) is 30.3 Å². The Morgan fingerprint density at radius 1 is 1.05 bits per heavy atom. The van der Waals surface area contributed by atoms with Crippen molar-refractivity contribution in [1.29, 1.82) is 0 Å². The number of carbonyl (C=O) groups excluding carboxylic acids is 2. The minimum Gasteiger partial charge on any atom is -0.308 e.